The molecule has 0 radical (unpaired) electrons. The number of hydrogen-bond donors (Lipinski definition) is 2. The summed E-state index contributed by atoms with van der Waals surface area (Å²) in [7, 11) is 0.259. The third-order valence-corrected chi connectivity index (χ3v) is 6.57. The Balaban J connectivity index is 1.91. The van der Waals surface area contributed by atoms with Gasteiger partial charge >= 0.3 is 5.97 Å². The minimum Gasteiger partial charge on any atom is -0.478 e. The Hall–Kier alpha value is -3.86. The van der Waals surface area contributed by atoms with Gasteiger partial charge < -0.3 is 19.6 Å². The molecule has 11 heteroatoms. The van der Waals surface area contributed by atoms with Crippen molar-refractivity contribution in [2.45, 2.75) is 12.3 Å². The Bertz CT molecular complexity index is 1590. The second-order valence-corrected chi connectivity index (χ2v) is 9.55. The number of pyridine rings is 2. The molecule has 1 aliphatic heterocycles. The quantitative estimate of drug-likeness (QED) is 0.460. The zero-order valence-electron chi connectivity index (χ0n) is 18.1. The smallest absolute Gasteiger partial charge is 0.336 e. The van der Waals surface area contributed by atoms with Crippen LogP contribution in [0.4, 0.5) is 20.3 Å². The molecule has 174 valence electrons. The molecule has 1 aliphatic rings. The van der Waals surface area contributed by atoms with Crippen LogP contribution in [0.2, 0.25) is 0 Å². The second kappa shape index (κ2) is 7.87. The standard InChI is InChI=1S/C23H18F2N4O4S/c1-28-9-16-15-3-11(10-34(2)33)14(23(31)32)5-18(15)29(21-17(25)4-13(24)7-27-21)8-12-6-26-20(19(12)16)22(28)30/h3-7,9,26H,8,10H2,1-2H3,(H,31,32). The molecule has 0 spiro atoms. The first-order chi connectivity index (χ1) is 16.2. The van der Waals surface area contributed by atoms with E-state index in [1.807, 2.05) is 0 Å². The molecule has 5 rings (SSSR count). The molecule has 1 aromatic carbocycles. The van der Waals surface area contributed by atoms with Gasteiger partial charge in [0.2, 0.25) is 0 Å². The van der Waals surface area contributed by atoms with Crippen molar-refractivity contribution in [1.82, 2.24) is 14.5 Å². The van der Waals surface area contributed by atoms with Gasteiger partial charge in [-0.05, 0) is 23.3 Å². The average Bonchev–Trinajstić information content (AvgIpc) is 3.13. The van der Waals surface area contributed by atoms with Crippen LogP contribution in [0.1, 0.15) is 21.5 Å². The van der Waals surface area contributed by atoms with Gasteiger partial charge in [-0.2, -0.15) is 0 Å². The van der Waals surface area contributed by atoms with E-state index in [1.54, 1.807) is 25.5 Å². The third kappa shape index (κ3) is 3.39. The summed E-state index contributed by atoms with van der Waals surface area (Å²) in [5, 5.41) is 10.5. The highest BCUT2D eigenvalue weighted by atomic mass is 32.2. The molecule has 0 saturated heterocycles. The van der Waals surface area contributed by atoms with Crippen LogP contribution in [-0.2, 0) is 30.1 Å². The molecular weight excluding hydrogens is 466 g/mol. The lowest BCUT2D eigenvalue weighted by Crippen LogP contribution is -2.20. The van der Waals surface area contributed by atoms with E-state index in [4.69, 9.17) is 0 Å². The van der Waals surface area contributed by atoms with Crippen LogP contribution in [0.3, 0.4) is 0 Å². The van der Waals surface area contributed by atoms with Crippen molar-refractivity contribution in [3.8, 4) is 11.1 Å². The first-order valence-corrected chi connectivity index (χ1v) is 11.9. The highest BCUT2D eigenvalue weighted by molar-refractivity contribution is 7.83. The number of aromatic amines is 1. The summed E-state index contributed by atoms with van der Waals surface area (Å²) in [6.45, 7) is 0.0425. The maximum Gasteiger partial charge on any atom is 0.336 e. The molecular formula is C23H18F2N4O4S. The Morgan fingerprint density at radius 3 is 2.71 bits per heavy atom. The van der Waals surface area contributed by atoms with Crippen LogP contribution in [0.5, 0.6) is 0 Å². The Kier molecular flexibility index (Phi) is 5.08. The number of carboxylic acid groups (broad SMARTS) is 1. The number of carbonyl (C=O) groups is 1. The first kappa shape index (κ1) is 22.0. The molecule has 0 saturated carbocycles. The number of halogens is 2. The highest BCUT2D eigenvalue weighted by Gasteiger charge is 2.29. The van der Waals surface area contributed by atoms with Gasteiger partial charge in [-0.1, -0.05) is 0 Å². The van der Waals surface area contributed by atoms with E-state index in [-0.39, 0.29) is 29.2 Å². The number of hydrogen-bond acceptors (Lipinski definition) is 5. The molecule has 34 heavy (non-hydrogen) atoms. The van der Waals surface area contributed by atoms with Gasteiger partial charge in [0.25, 0.3) is 5.56 Å². The number of fused-ring (bicyclic) bond motifs is 2. The van der Waals surface area contributed by atoms with E-state index in [0.717, 1.165) is 6.20 Å². The van der Waals surface area contributed by atoms with Crippen LogP contribution in [0.25, 0.3) is 22.0 Å². The van der Waals surface area contributed by atoms with Gasteiger partial charge in [0, 0.05) is 64.8 Å². The van der Waals surface area contributed by atoms with Crippen LogP contribution in [0, 0.1) is 11.6 Å². The zero-order chi connectivity index (χ0) is 24.3. The fraction of sp³-hybridized carbons (Fsp3) is 0.174. The maximum absolute atomic E-state index is 14.9. The van der Waals surface area contributed by atoms with E-state index in [0.29, 0.717) is 44.9 Å². The fourth-order valence-electron chi connectivity index (χ4n) is 4.42. The minimum absolute atomic E-state index is 0.00697. The van der Waals surface area contributed by atoms with Crippen molar-refractivity contribution >= 4 is 39.2 Å². The van der Waals surface area contributed by atoms with Crippen molar-refractivity contribution in [3.63, 3.8) is 0 Å². The molecule has 1 atom stereocenters. The fourth-order valence-corrected chi connectivity index (χ4v) is 5.10. The number of H-pyrrole nitrogens is 1. The van der Waals surface area contributed by atoms with E-state index in [2.05, 4.69) is 9.97 Å². The van der Waals surface area contributed by atoms with E-state index >= 15 is 0 Å². The Morgan fingerprint density at radius 2 is 2.03 bits per heavy atom. The van der Waals surface area contributed by atoms with Crippen LogP contribution in [0.15, 0.2) is 41.6 Å². The minimum atomic E-state index is -1.33. The summed E-state index contributed by atoms with van der Waals surface area (Å²) in [6, 6.07) is 3.70. The van der Waals surface area contributed by atoms with Crippen LogP contribution in [-0.4, -0.2) is 36.1 Å². The number of anilines is 2. The normalized spacial score (nSPS) is 13.6. The SMILES string of the molecule is Cn1cc2c3c(c[nH]c3c1=O)CN(c1ncc(F)cc1F)c1cc(C(=O)O)c(CS(C)=O)cc1-2. The molecule has 0 amide bonds. The summed E-state index contributed by atoms with van der Waals surface area (Å²) in [5.41, 5.74) is 2.43. The molecule has 3 aromatic heterocycles. The summed E-state index contributed by atoms with van der Waals surface area (Å²) in [6.07, 6.45) is 5.61. The maximum atomic E-state index is 14.9. The van der Waals surface area contributed by atoms with Gasteiger partial charge in [0.1, 0.15) is 11.3 Å². The number of aromatic nitrogens is 3. The van der Waals surface area contributed by atoms with Gasteiger partial charge in [0.15, 0.2) is 11.6 Å². The van der Waals surface area contributed by atoms with Gasteiger partial charge in [-0.15, -0.1) is 0 Å². The van der Waals surface area contributed by atoms with Crippen molar-refractivity contribution in [2.24, 2.45) is 7.05 Å². The van der Waals surface area contributed by atoms with Gasteiger partial charge in [-0.25, -0.2) is 18.6 Å². The summed E-state index contributed by atoms with van der Waals surface area (Å²) >= 11 is 0. The topological polar surface area (TPSA) is 108 Å². The third-order valence-electron chi connectivity index (χ3n) is 5.85. The number of carboxylic acids is 1. The van der Waals surface area contributed by atoms with Gasteiger partial charge in [-0.3, -0.25) is 9.00 Å². The summed E-state index contributed by atoms with van der Waals surface area (Å²) in [4.78, 5) is 33.2. The van der Waals surface area contributed by atoms with E-state index in [9.17, 15) is 27.7 Å². The number of benzene rings is 1. The molecule has 4 aromatic rings. The van der Waals surface area contributed by atoms with Crippen molar-refractivity contribution in [3.05, 3.63) is 75.5 Å². The number of rotatable bonds is 4. The van der Waals surface area contributed by atoms with E-state index in [1.165, 1.54) is 21.8 Å². The Morgan fingerprint density at radius 1 is 1.26 bits per heavy atom. The van der Waals surface area contributed by atoms with Crippen LogP contribution >= 0.6 is 0 Å². The molecule has 0 aliphatic carbocycles. The van der Waals surface area contributed by atoms with Crippen LogP contribution < -0.4 is 10.5 Å². The lowest BCUT2D eigenvalue weighted by molar-refractivity contribution is 0.0696. The number of aromatic carboxylic acids is 1. The first-order valence-electron chi connectivity index (χ1n) is 10.1. The predicted molar refractivity (Wildman–Crippen MR) is 124 cm³/mol. The lowest BCUT2D eigenvalue weighted by Gasteiger charge is -2.26. The molecule has 0 fully saturated rings. The lowest BCUT2D eigenvalue weighted by atomic mass is 9.96. The summed E-state index contributed by atoms with van der Waals surface area (Å²) < 4.78 is 41.9. The predicted octanol–water partition coefficient (Wildman–Crippen LogP) is 3.44. The van der Waals surface area contributed by atoms with Crippen molar-refractivity contribution in [1.29, 1.82) is 0 Å². The largest absolute Gasteiger partial charge is 0.478 e. The number of nitrogens with zero attached hydrogens (tertiary/aromatic N) is 3. The number of aryl methyl sites for hydroxylation is 1. The molecule has 1 unspecified atom stereocenters. The van der Waals surface area contributed by atoms with Crippen molar-refractivity contribution < 1.29 is 22.9 Å². The average molecular weight is 484 g/mol. The Labute approximate surface area is 193 Å². The highest BCUT2D eigenvalue weighted by Crippen LogP contribution is 2.44. The number of nitrogens with one attached hydrogen (secondary N) is 1. The van der Waals surface area contributed by atoms with Gasteiger partial charge in [0.05, 0.1) is 24.0 Å². The van der Waals surface area contributed by atoms with Crippen molar-refractivity contribution in [2.75, 3.05) is 11.2 Å². The molecule has 0 bridgehead atoms. The molecule has 2 N–H and O–H groups in total. The summed E-state index contributed by atoms with van der Waals surface area (Å²) in [5.74, 6) is -3.20. The van der Waals surface area contributed by atoms with E-state index < -0.39 is 28.4 Å². The molecule has 4 heterocycles. The molecule has 8 nitrogen and oxygen atoms in total. The zero-order valence-corrected chi connectivity index (χ0v) is 18.9. The monoisotopic (exact) mass is 484 g/mol. The second-order valence-electron chi connectivity index (χ2n) is 8.12.